The average molecular weight is 191 g/mol. The summed E-state index contributed by atoms with van der Waals surface area (Å²) in [6.07, 6.45) is 9.06. The van der Waals surface area contributed by atoms with Crippen LogP contribution in [-0.2, 0) is 4.79 Å². The molecule has 0 aromatic carbocycles. The quantitative estimate of drug-likeness (QED) is 0.691. The molecule has 1 aliphatic rings. The molecule has 0 amide bonds. The van der Waals surface area contributed by atoms with Crippen LogP contribution in [0.15, 0.2) is 36.5 Å². The van der Waals surface area contributed by atoms with Crippen molar-refractivity contribution in [1.29, 1.82) is 0 Å². The zero-order chi connectivity index (χ0) is 10.4. The number of hydrogen-bond acceptors (Lipinski definition) is 2. The second-order valence-electron chi connectivity index (χ2n) is 3.46. The molecule has 1 fully saturated rings. The highest BCUT2D eigenvalue weighted by atomic mass is 16.1. The van der Waals surface area contributed by atoms with E-state index in [9.17, 15) is 4.79 Å². The summed E-state index contributed by atoms with van der Waals surface area (Å²) in [6, 6.07) is 0.137. The minimum Gasteiger partial charge on any atom is -0.309 e. The summed E-state index contributed by atoms with van der Waals surface area (Å²) in [6.45, 7) is 6.69. The Morgan fingerprint density at radius 1 is 1.57 bits per heavy atom. The Kier molecular flexibility index (Phi) is 4.33. The van der Waals surface area contributed by atoms with Gasteiger partial charge < -0.3 is 5.32 Å². The molecule has 2 heteroatoms. The molecule has 76 valence electrons. The third kappa shape index (κ3) is 3.30. The topological polar surface area (TPSA) is 29.1 Å². The van der Waals surface area contributed by atoms with Crippen molar-refractivity contribution in [2.24, 2.45) is 0 Å². The molecule has 0 spiro atoms. The van der Waals surface area contributed by atoms with Gasteiger partial charge in [-0.2, -0.15) is 0 Å². The lowest BCUT2D eigenvalue weighted by Gasteiger charge is -2.22. The van der Waals surface area contributed by atoms with Crippen LogP contribution in [-0.4, -0.2) is 18.4 Å². The van der Waals surface area contributed by atoms with E-state index in [4.69, 9.17) is 0 Å². The number of hydrogen-bond donors (Lipinski definition) is 1. The molecule has 1 saturated heterocycles. The molecule has 0 aromatic heterocycles. The summed E-state index contributed by atoms with van der Waals surface area (Å²) < 4.78 is 0. The van der Waals surface area contributed by atoms with Gasteiger partial charge in [-0.3, -0.25) is 4.79 Å². The van der Waals surface area contributed by atoms with E-state index in [0.717, 1.165) is 12.1 Å². The number of allylic oxidation sites excluding steroid dienone is 3. The molecular formula is C12H17NO. The maximum absolute atomic E-state index is 11.2. The summed E-state index contributed by atoms with van der Waals surface area (Å²) in [7, 11) is 0. The smallest absolute Gasteiger partial charge is 0.136 e. The van der Waals surface area contributed by atoms with Crippen molar-refractivity contribution in [3.05, 3.63) is 36.5 Å². The first kappa shape index (κ1) is 10.9. The highest BCUT2D eigenvalue weighted by molar-refractivity contribution is 5.80. The fraction of sp³-hybridized carbons (Fsp3) is 0.417. The van der Waals surface area contributed by atoms with Gasteiger partial charge in [-0.15, -0.1) is 0 Å². The van der Waals surface area contributed by atoms with Crippen molar-refractivity contribution in [2.45, 2.75) is 25.8 Å². The molecule has 2 nitrogen and oxygen atoms in total. The lowest BCUT2D eigenvalue weighted by Crippen LogP contribution is -2.38. The SMILES string of the molecule is C=C(/C=C\C=C/C)[C@@H]1CC(=O)CCN1. The van der Waals surface area contributed by atoms with Crippen LogP contribution in [0.4, 0.5) is 0 Å². The van der Waals surface area contributed by atoms with E-state index < -0.39 is 0 Å². The standard InChI is InChI=1S/C12H17NO/c1-3-4-5-6-10(2)12-9-11(14)7-8-13-12/h3-6,12-13H,2,7-9H2,1H3/b4-3-,6-5-/t12-/m0/s1. The van der Waals surface area contributed by atoms with E-state index in [-0.39, 0.29) is 6.04 Å². The van der Waals surface area contributed by atoms with Gasteiger partial charge in [0, 0.05) is 25.4 Å². The molecule has 0 bridgehead atoms. The number of rotatable bonds is 3. The van der Waals surface area contributed by atoms with Gasteiger partial charge in [-0.25, -0.2) is 0 Å². The van der Waals surface area contributed by atoms with Crippen molar-refractivity contribution in [1.82, 2.24) is 5.32 Å². The van der Waals surface area contributed by atoms with Crippen LogP contribution in [0.2, 0.25) is 0 Å². The second kappa shape index (κ2) is 5.55. The number of nitrogens with one attached hydrogen (secondary N) is 1. The molecule has 0 unspecified atom stereocenters. The zero-order valence-corrected chi connectivity index (χ0v) is 8.62. The fourth-order valence-corrected chi connectivity index (χ4v) is 1.46. The summed E-state index contributed by atoms with van der Waals surface area (Å²) in [4.78, 5) is 11.2. The minimum atomic E-state index is 0.137. The largest absolute Gasteiger partial charge is 0.309 e. The maximum atomic E-state index is 11.2. The van der Waals surface area contributed by atoms with Crippen molar-refractivity contribution >= 4 is 5.78 Å². The van der Waals surface area contributed by atoms with Crippen molar-refractivity contribution in [3.63, 3.8) is 0 Å². The van der Waals surface area contributed by atoms with Crippen LogP contribution in [0.5, 0.6) is 0 Å². The van der Waals surface area contributed by atoms with Crippen LogP contribution in [0.1, 0.15) is 19.8 Å². The van der Waals surface area contributed by atoms with E-state index in [2.05, 4.69) is 11.9 Å². The van der Waals surface area contributed by atoms with Gasteiger partial charge in [0.15, 0.2) is 0 Å². The maximum Gasteiger partial charge on any atom is 0.136 e. The Balaban J connectivity index is 2.47. The summed E-state index contributed by atoms with van der Waals surface area (Å²) in [5.41, 5.74) is 0.983. The van der Waals surface area contributed by atoms with E-state index in [1.165, 1.54) is 0 Å². The first-order valence-corrected chi connectivity index (χ1v) is 4.97. The third-order valence-corrected chi connectivity index (χ3v) is 2.29. The number of piperidine rings is 1. The summed E-state index contributed by atoms with van der Waals surface area (Å²) in [5, 5.41) is 3.28. The van der Waals surface area contributed by atoms with Crippen LogP contribution in [0.25, 0.3) is 0 Å². The molecule has 1 atom stereocenters. The summed E-state index contributed by atoms with van der Waals surface area (Å²) in [5.74, 6) is 0.328. The number of carbonyl (C=O) groups is 1. The van der Waals surface area contributed by atoms with Gasteiger partial charge in [0.25, 0.3) is 0 Å². The zero-order valence-electron chi connectivity index (χ0n) is 8.62. The minimum absolute atomic E-state index is 0.137. The normalized spacial score (nSPS) is 23.5. The van der Waals surface area contributed by atoms with Gasteiger partial charge >= 0.3 is 0 Å². The molecule has 1 heterocycles. The number of Topliss-reactive ketones (excluding diaryl/α,β-unsaturated/α-hetero) is 1. The second-order valence-corrected chi connectivity index (χ2v) is 3.46. The lowest BCUT2D eigenvalue weighted by molar-refractivity contribution is -0.120. The van der Waals surface area contributed by atoms with Crippen molar-refractivity contribution < 1.29 is 4.79 Å². The monoisotopic (exact) mass is 191 g/mol. The molecule has 0 radical (unpaired) electrons. The van der Waals surface area contributed by atoms with Crippen molar-refractivity contribution in [3.8, 4) is 0 Å². The molecule has 1 rings (SSSR count). The molecule has 0 saturated carbocycles. The van der Waals surface area contributed by atoms with Crippen LogP contribution in [0.3, 0.4) is 0 Å². The fourth-order valence-electron chi connectivity index (χ4n) is 1.46. The van der Waals surface area contributed by atoms with Crippen molar-refractivity contribution in [2.75, 3.05) is 6.54 Å². The Morgan fingerprint density at radius 2 is 2.36 bits per heavy atom. The van der Waals surface area contributed by atoms with E-state index in [1.807, 2.05) is 31.2 Å². The highest BCUT2D eigenvalue weighted by Crippen LogP contribution is 2.11. The first-order valence-electron chi connectivity index (χ1n) is 4.97. The number of ketones is 1. The molecular weight excluding hydrogens is 174 g/mol. The van der Waals surface area contributed by atoms with Gasteiger partial charge in [0.1, 0.15) is 5.78 Å². The van der Waals surface area contributed by atoms with Gasteiger partial charge in [-0.1, -0.05) is 30.9 Å². The van der Waals surface area contributed by atoms with Crippen LogP contribution >= 0.6 is 0 Å². The number of carbonyl (C=O) groups excluding carboxylic acids is 1. The highest BCUT2D eigenvalue weighted by Gasteiger charge is 2.19. The predicted molar refractivity (Wildman–Crippen MR) is 59.1 cm³/mol. The van der Waals surface area contributed by atoms with Crippen LogP contribution < -0.4 is 5.32 Å². The Hall–Kier alpha value is -1.15. The molecule has 14 heavy (non-hydrogen) atoms. The molecule has 0 aliphatic carbocycles. The Morgan fingerprint density at radius 3 is 3.00 bits per heavy atom. The van der Waals surface area contributed by atoms with Gasteiger partial charge in [0.05, 0.1) is 0 Å². The molecule has 1 N–H and O–H groups in total. The molecule has 0 aromatic rings. The average Bonchev–Trinajstić information content (AvgIpc) is 2.18. The Bertz CT molecular complexity index is 276. The predicted octanol–water partition coefficient (Wildman–Crippen LogP) is 2.00. The van der Waals surface area contributed by atoms with Crippen LogP contribution in [0, 0.1) is 0 Å². The van der Waals surface area contributed by atoms with Gasteiger partial charge in [-0.05, 0) is 12.5 Å². The molecule has 1 aliphatic heterocycles. The first-order chi connectivity index (χ1) is 6.74. The Labute approximate surface area is 85.4 Å². The third-order valence-electron chi connectivity index (χ3n) is 2.29. The summed E-state index contributed by atoms with van der Waals surface area (Å²) >= 11 is 0. The van der Waals surface area contributed by atoms with E-state index >= 15 is 0 Å². The lowest BCUT2D eigenvalue weighted by atomic mass is 9.97. The van der Waals surface area contributed by atoms with E-state index in [1.54, 1.807) is 0 Å². The van der Waals surface area contributed by atoms with Gasteiger partial charge in [0.2, 0.25) is 0 Å². The van der Waals surface area contributed by atoms with E-state index in [0.29, 0.717) is 18.6 Å².